The van der Waals surface area contributed by atoms with E-state index in [4.69, 9.17) is 0 Å². The van der Waals surface area contributed by atoms with Gasteiger partial charge in [0.2, 0.25) is 5.91 Å². The van der Waals surface area contributed by atoms with E-state index in [2.05, 4.69) is 16.0 Å². The van der Waals surface area contributed by atoms with Crippen LogP contribution in [0.3, 0.4) is 0 Å². The molecule has 8 heteroatoms. The smallest absolute Gasteiger partial charge is 0.272 e. The molecule has 0 radical (unpaired) electrons. The number of thioether (sulfide) groups is 1. The summed E-state index contributed by atoms with van der Waals surface area (Å²) >= 11 is 2.88. The molecule has 0 aliphatic heterocycles. The van der Waals surface area contributed by atoms with Crippen molar-refractivity contribution in [3.8, 4) is 0 Å². The van der Waals surface area contributed by atoms with Gasteiger partial charge in [-0.25, -0.2) is 0 Å². The molecule has 1 unspecified atom stereocenters. The molecule has 0 fully saturated rings. The predicted octanol–water partition coefficient (Wildman–Crippen LogP) is 7.94. The second kappa shape index (κ2) is 14.3. The zero-order chi connectivity index (χ0) is 30.0. The van der Waals surface area contributed by atoms with E-state index in [1.807, 2.05) is 103 Å². The van der Waals surface area contributed by atoms with Crippen molar-refractivity contribution in [3.63, 3.8) is 0 Å². The Morgan fingerprint density at radius 3 is 2.19 bits per heavy atom. The van der Waals surface area contributed by atoms with E-state index in [0.29, 0.717) is 11.3 Å². The third kappa shape index (κ3) is 8.31. The highest BCUT2D eigenvalue weighted by atomic mass is 32.2. The number of amides is 3. The summed E-state index contributed by atoms with van der Waals surface area (Å²) < 4.78 is 0. The minimum atomic E-state index is -0.535. The van der Waals surface area contributed by atoms with Crippen molar-refractivity contribution in [1.29, 1.82) is 0 Å². The Morgan fingerprint density at radius 1 is 0.767 bits per heavy atom. The Balaban J connectivity index is 1.35. The zero-order valence-corrected chi connectivity index (χ0v) is 25.0. The molecule has 214 valence electrons. The van der Waals surface area contributed by atoms with Crippen LogP contribution in [0.1, 0.15) is 32.3 Å². The third-order valence-electron chi connectivity index (χ3n) is 6.39. The molecule has 3 amide bonds. The number of nitrogens with one attached hydrogen (secondary N) is 3. The lowest BCUT2D eigenvalue weighted by Crippen LogP contribution is -2.30. The van der Waals surface area contributed by atoms with E-state index in [-0.39, 0.29) is 17.5 Å². The van der Waals surface area contributed by atoms with Crippen LogP contribution < -0.4 is 16.0 Å². The first-order valence-corrected chi connectivity index (χ1v) is 15.4. The van der Waals surface area contributed by atoms with Crippen LogP contribution in [0.2, 0.25) is 0 Å². The summed E-state index contributed by atoms with van der Waals surface area (Å²) in [4.78, 5) is 40.6. The average Bonchev–Trinajstić information content (AvgIpc) is 3.55. The van der Waals surface area contributed by atoms with E-state index in [0.717, 1.165) is 27.3 Å². The normalized spacial score (nSPS) is 11.8. The summed E-state index contributed by atoms with van der Waals surface area (Å²) in [5.74, 6) is -1.000. The first kappa shape index (κ1) is 29.6. The minimum Gasteiger partial charge on any atom is -0.325 e. The van der Waals surface area contributed by atoms with Crippen LogP contribution in [-0.4, -0.2) is 17.7 Å². The Morgan fingerprint density at radius 2 is 1.49 bits per heavy atom. The Bertz CT molecular complexity index is 1720. The van der Waals surface area contributed by atoms with E-state index in [1.54, 1.807) is 36.4 Å². The number of carbonyl (C=O) groups is 3. The zero-order valence-electron chi connectivity index (χ0n) is 23.3. The molecule has 0 spiro atoms. The monoisotopic (exact) mass is 603 g/mol. The van der Waals surface area contributed by atoms with Crippen molar-refractivity contribution in [2.75, 3.05) is 10.6 Å². The summed E-state index contributed by atoms with van der Waals surface area (Å²) in [7, 11) is 0. The number of thiophene rings is 1. The molecule has 6 nitrogen and oxygen atoms in total. The summed E-state index contributed by atoms with van der Waals surface area (Å²) in [5, 5.41) is 12.0. The predicted molar refractivity (Wildman–Crippen MR) is 176 cm³/mol. The molecule has 5 aromatic rings. The lowest BCUT2D eigenvalue weighted by Gasteiger charge is -2.18. The minimum absolute atomic E-state index is 0.116. The van der Waals surface area contributed by atoms with Crippen LogP contribution in [0.25, 0.3) is 6.08 Å². The van der Waals surface area contributed by atoms with Crippen molar-refractivity contribution in [2.24, 2.45) is 0 Å². The van der Waals surface area contributed by atoms with Gasteiger partial charge in [-0.05, 0) is 83.4 Å². The number of hydrogen-bond acceptors (Lipinski definition) is 5. The number of carbonyl (C=O) groups excluding carboxylic acids is 3. The molecule has 0 bridgehead atoms. The number of anilines is 2. The van der Waals surface area contributed by atoms with Crippen molar-refractivity contribution >= 4 is 58.3 Å². The van der Waals surface area contributed by atoms with Crippen molar-refractivity contribution in [1.82, 2.24) is 5.32 Å². The molecule has 43 heavy (non-hydrogen) atoms. The number of hydrogen-bond donors (Lipinski definition) is 3. The van der Waals surface area contributed by atoms with Crippen LogP contribution >= 0.6 is 23.1 Å². The van der Waals surface area contributed by atoms with E-state index in [1.165, 1.54) is 23.1 Å². The van der Waals surface area contributed by atoms with Gasteiger partial charge in [0.25, 0.3) is 11.8 Å². The maximum Gasteiger partial charge on any atom is 0.272 e. The number of rotatable bonds is 10. The summed E-state index contributed by atoms with van der Waals surface area (Å²) in [5.41, 5.74) is 4.59. The maximum absolute atomic E-state index is 13.5. The standard InChI is InChI=1S/C35H29N3O3S2/c1-24-15-17-28(18-16-24)36-35(41)32(26-9-4-2-5-10-26)43-30-14-8-13-29(22-30)37-34(40)31(21-25-19-20-42-23-25)38-33(39)27-11-6-3-7-12-27/h2-23,32H,1H3,(H,36,41)(H,37,40)(H,38,39)/b31-21-. The second-order valence-corrected chi connectivity index (χ2v) is 11.6. The highest BCUT2D eigenvalue weighted by Crippen LogP contribution is 2.37. The molecule has 0 saturated carbocycles. The molecular weight excluding hydrogens is 575 g/mol. The largest absolute Gasteiger partial charge is 0.325 e. The molecule has 1 heterocycles. The van der Waals surface area contributed by atoms with Gasteiger partial charge in [-0.1, -0.05) is 72.3 Å². The number of benzene rings is 4. The maximum atomic E-state index is 13.5. The molecule has 4 aromatic carbocycles. The molecule has 0 saturated heterocycles. The fraction of sp³-hybridized carbons (Fsp3) is 0.0571. The topological polar surface area (TPSA) is 87.3 Å². The van der Waals surface area contributed by atoms with Gasteiger partial charge in [0.1, 0.15) is 10.9 Å². The summed E-state index contributed by atoms with van der Waals surface area (Å²) in [6.45, 7) is 2.00. The van der Waals surface area contributed by atoms with Crippen LogP contribution in [0.4, 0.5) is 11.4 Å². The molecule has 3 N–H and O–H groups in total. The van der Waals surface area contributed by atoms with Gasteiger partial charge >= 0.3 is 0 Å². The second-order valence-electron chi connectivity index (χ2n) is 9.68. The van der Waals surface area contributed by atoms with Gasteiger partial charge in [0.15, 0.2) is 0 Å². The molecule has 1 atom stereocenters. The molecule has 0 aliphatic rings. The number of aryl methyl sites for hydroxylation is 1. The highest BCUT2D eigenvalue weighted by Gasteiger charge is 2.23. The molecule has 5 rings (SSSR count). The van der Waals surface area contributed by atoms with Gasteiger partial charge in [-0.15, -0.1) is 11.8 Å². The fourth-order valence-corrected chi connectivity index (χ4v) is 5.89. The van der Waals surface area contributed by atoms with E-state index in [9.17, 15) is 14.4 Å². The van der Waals surface area contributed by atoms with Gasteiger partial charge in [0.05, 0.1) is 0 Å². The van der Waals surface area contributed by atoms with Crippen LogP contribution in [0.15, 0.2) is 137 Å². The van der Waals surface area contributed by atoms with Crippen LogP contribution in [0.5, 0.6) is 0 Å². The molecule has 1 aromatic heterocycles. The Labute approximate surface area is 258 Å². The van der Waals surface area contributed by atoms with E-state index < -0.39 is 11.2 Å². The van der Waals surface area contributed by atoms with Gasteiger partial charge in [-0.2, -0.15) is 11.3 Å². The van der Waals surface area contributed by atoms with Crippen molar-refractivity contribution in [2.45, 2.75) is 17.1 Å². The van der Waals surface area contributed by atoms with Gasteiger partial charge < -0.3 is 16.0 Å². The Kier molecular flexibility index (Phi) is 9.84. The Hall–Kier alpha value is -4.92. The molecule has 0 aliphatic carbocycles. The SMILES string of the molecule is Cc1ccc(NC(=O)C(Sc2cccc(NC(=O)/C(=C/c3ccsc3)NC(=O)c3ccccc3)c2)c2ccccc2)cc1. The third-order valence-corrected chi connectivity index (χ3v) is 8.34. The van der Waals surface area contributed by atoms with E-state index >= 15 is 0 Å². The fourth-order valence-electron chi connectivity index (χ4n) is 4.19. The molecular formula is C35H29N3O3S2. The van der Waals surface area contributed by atoms with Crippen LogP contribution in [0, 0.1) is 6.92 Å². The quantitative estimate of drug-likeness (QED) is 0.112. The highest BCUT2D eigenvalue weighted by molar-refractivity contribution is 8.00. The lowest BCUT2D eigenvalue weighted by atomic mass is 10.1. The van der Waals surface area contributed by atoms with Crippen LogP contribution in [-0.2, 0) is 9.59 Å². The summed E-state index contributed by atoms with van der Waals surface area (Å²) in [6.07, 6.45) is 1.64. The lowest BCUT2D eigenvalue weighted by molar-refractivity contribution is -0.116. The summed E-state index contributed by atoms with van der Waals surface area (Å²) in [6, 6.07) is 35.2. The van der Waals surface area contributed by atoms with Crippen molar-refractivity contribution < 1.29 is 14.4 Å². The first-order chi connectivity index (χ1) is 20.9. The first-order valence-electron chi connectivity index (χ1n) is 13.6. The van der Waals surface area contributed by atoms with Gasteiger partial charge in [-0.3, -0.25) is 14.4 Å². The average molecular weight is 604 g/mol. The van der Waals surface area contributed by atoms with Gasteiger partial charge in [0, 0.05) is 21.8 Å². The van der Waals surface area contributed by atoms with Crippen molar-refractivity contribution in [3.05, 3.63) is 154 Å².